The Morgan fingerprint density at radius 2 is 1.94 bits per heavy atom. The molecule has 0 N–H and O–H groups in total. The molecule has 0 saturated carbocycles. The van der Waals surface area contributed by atoms with Crippen LogP contribution in [0.25, 0.3) is 0 Å². The molecule has 1 saturated heterocycles. The lowest BCUT2D eigenvalue weighted by atomic mass is 10.1. The second-order valence-corrected chi connectivity index (χ2v) is 3.70. The van der Waals surface area contributed by atoms with Crippen molar-refractivity contribution < 1.29 is 9.13 Å². The standard InChI is InChI=1S/C12H13FN2O.ClH/c13-11-4-2-1-3-10(11)12(9-14)15-5-7-16-8-6-15;/h1-4,12H,5-8H2;1H. The molecule has 0 spiro atoms. The van der Waals surface area contributed by atoms with E-state index in [-0.39, 0.29) is 18.2 Å². The summed E-state index contributed by atoms with van der Waals surface area (Å²) in [4.78, 5) is 1.95. The molecular formula is C12H14ClFN2O. The Labute approximate surface area is 106 Å². The van der Waals surface area contributed by atoms with E-state index in [0.29, 0.717) is 31.9 Å². The number of halogens is 2. The van der Waals surface area contributed by atoms with Crippen LogP contribution < -0.4 is 0 Å². The highest BCUT2D eigenvalue weighted by Gasteiger charge is 2.24. The van der Waals surface area contributed by atoms with Crippen LogP contribution in [0.2, 0.25) is 0 Å². The van der Waals surface area contributed by atoms with Crippen molar-refractivity contribution in [2.75, 3.05) is 26.3 Å². The number of nitriles is 1. The molecule has 1 aliphatic rings. The summed E-state index contributed by atoms with van der Waals surface area (Å²) in [6.45, 7) is 2.55. The maximum atomic E-state index is 13.6. The molecule has 0 bridgehead atoms. The highest BCUT2D eigenvalue weighted by molar-refractivity contribution is 5.85. The maximum absolute atomic E-state index is 13.6. The highest BCUT2D eigenvalue weighted by Crippen LogP contribution is 2.23. The summed E-state index contributed by atoms with van der Waals surface area (Å²) in [5.41, 5.74) is 0.451. The molecule has 1 unspecified atom stereocenters. The first kappa shape index (κ1) is 13.9. The molecule has 1 aromatic rings. The Bertz CT molecular complexity index is 402. The van der Waals surface area contributed by atoms with Crippen LogP contribution in [0, 0.1) is 17.1 Å². The summed E-state index contributed by atoms with van der Waals surface area (Å²) in [7, 11) is 0. The number of nitrogens with zero attached hydrogens (tertiary/aromatic N) is 2. The van der Waals surface area contributed by atoms with Crippen molar-refractivity contribution in [2.45, 2.75) is 6.04 Å². The van der Waals surface area contributed by atoms with Crippen LogP contribution in [0.1, 0.15) is 11.6 Å². The van der Waals surface area contributed by atoms with Crippen LogP contribution in [0.5, 0.6) is 0 Å². The van der Waals surface area contributed by atoms with E-state index in [0.717, 1.165) is 0 Å². The number of hydrogen-bond donors (Lipinski definition) is 0. The fourth-order valence-electron chi connectivity index (χ4n) is 1.88. The molecule has 92 valence electrons. The number of ether oxygens (including phenoxy) is 1. The lowest BCUT2D eigenvalue weighted by Crippen LogP contribution is -2.38. The monoisotopic (exact) mass is 256 g/mol. The SMILES string of the molecule is Cl.N#CC(c1ccccc1F)N1CCOCC1. The summed E-state index contributed by atoms with van der Waals surface area (Å²) >= 11 is 0. The molecule has 1 atom stereocenters. The van der Waals surface area contributed by atoms with Gasteiger partial charge in [0.1, 0.15) is 11.9 Å². The van der Waals surface area contributed by atoms with Crippen molar-refractivity contribution in [1.29, 1.82) is 5.26 Å². The first-order valence-corrected chi connectivity index (χ1v) is 5.29. The van der Waals surface area contributed by atoms with Gasteiger partial charge in [-0.3, -0.25) is 4.90 Å². The van der Waals surface area contributed by atoms with Crippen molar-refractivity contribution >= 4 is 12.4 Å². The minimum Gasteiger partial charge on any atom is -0.379 e. The zero-order valence-electron chi connectivity index (χ0n) is 9.30. The largest absolute Gasteiger partial charge is 0.379 e. The van der Waals surface area contributed by atoms with Gasteiger partial charge in [-0.2, -0.15) is 5.26 Å². The Morgan fingerprint density at radius 3 is 2.53 bits per heavy atom. The van der Waals surface area contributed by atoms with Gasteiger partial charge in [-0.1, -0.05) is 18.2 Å². The first-order chi connectivity index (χ1) is 7.83. The van der Waals surface area contributed by atoms with Crippen LogP contribution in [0.15, 0.2) is 24.3 Å². The van der Waals surface area contributed by atoms with E-state index in [4.69, 9.17) is 10.00 Å². The summed E-state index contributed by atoms with van der Waals surface area (Å²) < 4.78 is 18.8. The molecule has 17 heavy (non-hydrogen) atoms. The van der Waals surface area contributed by atoms with Crippen molar-refractivity contribution in [3.8, 4) is 6.07 Å². The molecule has 0 aliphatic carbocycles. The minimum atomic E-state index is -0.509. The smallest absolute Gasteiger partial charge is 0.129 e. The van der Waals surface area contributed by atoms with Gasteiger partial charge in [0.2, 0.25) is 0 Å². The van der Waals surface area contributed by atoms with Crippen LogP contribution in [-0.2, 0) is 4.74 Å². The summed E-state index contributed by atoms with van der Waals surface area (Å²) in [6, 6.07) is 8.09. The van der Waals surface area contributed by atoms with E-state index in [1.54, 1.807) is 18.2 Å². The van der Waals surface area contributed by atoms with Gasteiger partial charge in [-0.15, -0.1) is 12.4 Å². The van der Waals surface area contributed by atoms with E-state index in [1.807, 2.05) is 4.90 Å². The second kappa shape index (κ2) is 6.55. The Balaban J connectivity index is 0.00000144. The average molecular weight is 257 g/mol. The molecule has 1 aliphatic heterocycles. The maximum Gasteiger partial charge on any atom is 0.129 e. The average Bonchev–Trinajstić information content (AvgIpc) is 2.34. The van der Waals surface area contributed by atoms with Crippen LogP contribution in [0.3, 0.4) is 0 Å². The molecule has 1 heterocycles. The van der Waals surface area contributed by atoms with Gasteiger partial charge in [0.15, 0.2) is 0 Å². The van der Waals surface area contributed by atoms with E-state index in [1.165, 1.54) is 6.07 Å². The zero-order chi connectivity index (χ0) is 11.4. The summed E-state index contributed by atoms with van der Waals surface area (Å²) in [6.07, 6.45) is 0. The van der Waals surface area contributed by atoms with Gasteiger partial charge in [-0.25, -0.2) is 4.39 Å². The Hall–Kier alpha value is -1.15. The van der Waals surface area contributed by atoms with Crippen LogP contribution >= 0.6 is 12.4 Å². The zero-order valence-corrected chi connectivity index (χ0v) is 10.1. The Kier molecular flexibility index (Phi) is 5.36. The molecule has 3 nitrogen and oxygen atoms in total. The lowest BCUT2D eigenvalue weighted by molar-refractivity contribution is 0.0261. The predicted molar refractivity (Wildman–Crippen MR) is 64.4 cm³/mol. The van der Waals surface area contributed by atoms with Gasteiger partial charge >= 0.3 is 0 Å². The quantitative estimate of drug-likeness (QED) is 0.814. The van der Waals surface area contributed by atoms with Crippen molar-refractivity contribution in [3.63, 3.8) is 0 Å². The molecule has 0 radical (unpaired) electrons. The fraction of sp³-hybridized carbons (Fsp3) is 0.417. The van der Waals surface area contributed by atoms with Crippen molar-refractivity contribution in [1.82, 2.24) is 4.90 Å². The number of morpholine rings is 1. The predicted octanol–water partition coefficient (Wildman–Crippen LogP) is 2.14. The summed E-state index contributed by atoms with van der Waals surface area (Å²) in [5.74, 6) is -0.319. The third-order valence-corrected chi connectivity index (χ3v) is 2.73. The van der Waals surface area contributed by atoms with Gasteiger partial charge in [0.05, 0.1) is 19.3 Å². The van der Waals surface area contributed by atoms with Crippen molar-refractivity contribution in [2.24, 2.45) is 0 Å². The first-order valence-electron chi connectivity index (χ1n) is 5.29. The second-order valence-electron chi connectivity index (χ2n) is 3.70. The molecule has 1 fully saturated rings. The lowest BCUT2D eigenvalue weighted by Gasteiger charge is -2.30. The Morgan fingerprint density at radius 1 is 1.29 bits per heavy atom. The van der Waals surface area contributed by atoms with Crippen molar-refractivity contribution in [3.05, 3.63) is 35.6 Å². The topological polar surface area (TPSA) is 36.3 Å². The van der Waals surface area contributed by atoms with E-state index >= 15 is 0 Å². The normalized spacial score (nSPS) is 17.9. The summed E-state index contributed by atoms with van der Waals surface area (Å²) in [5, 5.41) is 9.16. The van der Waals surface area contributed by atoms with Gasteiger partial charge in [0.25, 0.3) is 0 Å². The van der Waals surface area contributed by atoms with Crippen LogP contribution in [0.4, 0.5) is 4.39 Å². The van der Waals surface area contributed by atoms with Crippen LogP contribution in [-0.4, -0.2) is 31.2 Å². The van der Waals surface area contributed by atoms with E-state index in [9.17, 15) is 4.39 Å². The third-order valence-electron chi connectivity index (χ3n) is 2.73. The van der Waals surface area contributed by atoms with Gasteiger partial charge in [-0.05, 0) is 6.07 Å². The molecule has 0 amide bonds. The fourth-order valence-corrected chi connectivity index (χ4v) is 1.88. The van der Waals surface area contributed by atoms with Gasteiger partial charge in [0, 0.05) is 18.7 Å². The number of benzene rings is 1. The molecule has 5 heteroatoms. The minimum absolute atomic E-state index is 0. The number of hydrogen-bond acceptors (Lipinski definition) is 3. The molecular weight excluding hydrogens is 243 g/mol. The molecule has 1 aromatic carbocycles. The van der Waals surface area contributed by atoms with E-state index < -0.39 is 6.04 Å². The van der Waals surface area contributed by atoms with E-state index in [2.05, 4.69) is 6.07 Å². The third kappa shape index (κ3) is 3.16. The number of rotatable bonds is 2. The molecule has 2 rings (SSSR count). The highest BCUT2D eigenvalue weighted by atomic mass is 35.5. The van der Waals surface area contributed by atoms with Gasteiger partial charge < -0.3 is 4.74 Å². The molecule has 0 aromatic heterocycles.